The quantitative estimate of drug-likeness (QED) is 0.928. The van der Waals surface area contributed by atoms with Crippen molar-refractivity contribution in [1.82, 2.24) is 10.2 Å². The van der Waals surface area contributed by atoms with E-state index in [2.05, 4.69) is 5.32 Å². The fourth-order valence-corrected chi connectivity index (χ4v) is 3.07. The minimum atomic E-state index is -0.685. The van der Waals surface area contributed by atoms with Gasteiger partial charge < -0.3 is 15.0 Å². The maximum absolute atomic E-state index is 13.6. The van der Waals surface area contributed by atoms with E-state index in [9.17, 15) is 13.6 Å². The number of hydrogen-bond donors (Lipinski definition) is 1. The van der Waals surface area contributed by atoms with Crippen LogP contribution in [-0.2, 0) is 4.79 Å². The van der Waals surface area contributed by atoms with Crippen LogP contribution in [0, 0.1) is 17.6 Å². The summed E-state index contributed by atoms with van der Waals surface area (Å²) in [7, 11) is 0. The molecule has 2 aliphatic heterocycles. The van der Waals surface area contributed by atoms with Crippen LogP contribution < -0.4 is 10.1 Å². The van der Waals surface area contributed by atoms with Gasteiger partial charge in [0.2, 0.25) is 5.91 Å². The molecule has 22 heavy (non-hydrogen) atoms. The standard InChI is InChI=1S/C16H20F2N2O2/c17-12-1-2-15(14(18)9-12)22-13-4-7-20(8-5-13)16(21)11-3-6-19-10-11/h1-2,9,11,13,19H,3-8,10H2. The molecular weight excluding hydrogens is 290 g/mol. The largest absolute Gasteiger partial charge is 0.487 e. The SMILES string of the molecule is O=C(C1CCNC1)N1CCC(Oc2ccc(F)cc2F)CC1. The molecule has 0 bridgehead atoms. The van der Waals surface area contributed by atoms with Gasteiger partial charge >= 0.3 is 0 Å². The van der Waals surface area contributed by atoms with Gasteiger partial charge in [0, 0.05) is 38.5 Å². The highest BCUT2D eigenvalue weighted by Gasteiger charge is 2.30. The number of benzene rings is 1. The molecule has 6 heteroatoms. The molecule has 1 unspecified atom stereocenters. The van der Waals surface area contributed by atoms with Crippen LogP contribution in [0.4, 0.5) is 8.78 Å². The van der Waals surface area contributed by atoms with Crippen LogP contribution in [0.1, 0.15) is 19.3 Å². The molecule has 1 atom stereocenters. The molecule has 120 valence electrons. The first-order chi connectivity index (χ1) is 10.6. The predicted octanol–water partition coefficient (Wildman–Crippen LogP) is 1.94. The fourth-order valence-electron chi connectivity index (χ4n) is 3.07. The first-order valence-electron chi connectivity index (χ1n) is 7.74. The molecule has 0 saturated carbocycles. The predicted molar refractivity (Wildman–Crippen MR) is 77.6 cm³/mol. The highest BCUT2D eigenvalue weighted by Crippen LogP contribution is 2.24. The lowest BCUT2D eigenvalue weighted by Gasteiger charge is -2.33. The van der Waals surface area contributed by atoms with Crippen LogP contribution in [0.5, 0.6) is 5.75 Å². The molecule has 2 fully saturated rings. The Bertz CT molecular complexity index is 539. The summed E-state index contributed by atoms with van der Waals surface area (Å²) in [6.45, 7) is 2.92. The zero-order chi connectivity index (χ0) is 15.5. The van der Waals surface area contributed by atoms with Gasteiger partial charge in [0.05, 0.1) is 5.92 Å². The summed E-state index contributed by atoms with van der Waals surface area (Å²) >= 11 is 0. The van der Waals surface area contributed by atoms with Crippen molar-refractivity contribution >= 4 is 5.91 Å². The minimum Gasteiger partial charge on any atom is -0.487 e. The molecule has 1 aromatic carbocycles. The summed E-state index contributed by atoms with van der Waals surface area (Å²) in [6, 6.07) is 3.32. The number of hydrogen-bond acceptors (Lipinski definition) is 3. The molecule has 1 amide bonds. The van der Waals surface area contributed by atoms with E-state index in [0.717, 1.165) is 25.6 Å². The summed E-state index contributed by atoms with van der Waals surface area (Å²) in [4.78, 5) is 14.2. The van der Waals surface area contributed by atoms with Crippen LogP contribution in [0.15, 0.2) is 18.2 Å². The Balaban J connectivity index is 1.52. The third-order valence-electron chi connectivity index (χ3n) is 4.35. The number of rotatable bonds is 3. The zero-order valence-corrected chi connectivity index (χ0v) is 12.4. The number of carbonyl (C=O) groups is 1. The Kier molecular flexibility index (Phi) is 4.57. The molecule has 1 N–H and O–H groups in total. The van der Waals surface area contributed by atoms with Gasteiger partial charge in [-0.15, -0.1) is 0 Å². The van der Waals surface area contributed by atoms with Crippen molar-refractivity contribution in [1.29, 1.82) is 0 Å². The summed E-state index contributed by atoms with van der Waals surface area (Å²) in [6.07, 6.45) is 2.10. The third-order valence-corrected chi connectivity index (χ3v) is 4.35. The minimum absolute atomic E-state index is 0.0752. The van der Waals surface area contributed by atoms with Crippen molar-refractivity contribution in [2.24, 2.45) is 5.92 Å². The molecule has 0 aliphatic carbocycles. The number of nitrogens with one attached hydrogen (secondary N) is 1. The molecule has 2 saturated heterocycles. The number of ether oxygens (including phenoxy) is 1. The lowest BCUT2D eigenvalue weighted by molar-refractivity contribution is -0.136. The van der Waals surface area contributed by atoms with Crippen LogP contribution >= 0.6 is 0 Å². The highest BCUT2D eigenvalue weighted by atomic mass is 19.1. The maximum atomic E-state index is 13.6. The number of likely N-dealkylation sites (tertiary alicyclic amines) is 1. The van der Waals surface area contributed by atoms with Crippen molar-refractivity contribution in [3.63, 3.8) is 0 Å². The van der Waals surface area contributed by atoms with E-state index in [1.54, 1.807) is 0 Å². The van der Waals surface area contributed by atoms with Gasteiger partial charge in [0.15, 0.2) is 11.6 Å². The van der Waals surface area contributed by atoms with Crippen LogP contribution in [0.25, 0.3) is 0 Å². The van der Waals surface area contributed by atoms with Crippen molar-refractivity contribution in [3.8, 4) is 5.75 Å². The third kappa shape index (κ3) is 3.38. The molecule has 0 radical (unpaired) electrons. The Labute approximate surface area is 128 Å². The summed E-state index contributed by atoms with van der Waals surface area (Å²) in [5, 5.41) is 3.20. The van der Waals surface area contributed by atoms with Gasteiger partial charge in [-0.3, -0.25) is 4.79 Å². The Hall–Kier alpha value is -1.69. The number of carbonyl (C=O) groups excluding carboxylic acids is 1. The first-order valence-corrected chi connectivity index (χ1v) is 7.74. The summed E-state index contributed by atoms with van der Waals surface area (Å²) in [5.41, 5.74) is 0. The van der Waals surface area contributed by atoms with E-state index in [1.807, 2.05) is 4.90 Å². The molecule has 3 rings (SSSR count). The summed E-state index contributed by atoms with van der Waals surface area (Å²) in [5.74, 6) is -0.930. The van der Waals surface area contributed by atoms with Crippen molar-refractivity contribution in [2.45, 2.75) is 25.4 Å². The van der Waals surface area contributed by atoms with Gasteiger partial charge in [0.1, 0.15) is 11.9 Å². The number of halogens is 2. The van der Waals surface area contributed by atoms with Crippen molar-refractivity contribution in [3.05, 3.63) is 29.8 Å². The second-order valence-electron chi connectivity index (χ2n) is 5.91. The number of amides is 1. The highest BCUT2D eigenvalue weighted by molar-refractivity contribution is 5.79. The lowest BCUT2D eigenvalue weighted by atomic mass is 10.0. The molecule has 4 nitrogen and oxygen atoms in total. The van der Waals surface area contributed by atoms with E-state index in [1.165, 1.54) is 12.1 Å². The summed E-state index contributed by atoms with van der Waals surface area (Å²) < 4.78 is 32.1. The van der Waals surface area contributed by atoms with E-state index in [4.69, 9.17) is 4.74 Å². The lowest BCUT2D eigenvalue weighted by Crippen LogP contribution is -2.44. The molecule has 0 aromatic heterocycles. The van der Waals surface area contributed by atoms with E-state index >= 15 is 0 Å². The maximum Gasteiger partial charge on any atom is 0.227 e. The zero-order valence-electron chi connectivity index (χ0n) is 12.4. The Morgan fingerprint density at radius 3 is 2.64 bits per heavy atom. The van der Waals surface area contributed by atoms with Crippen molar-refractivity contribution in [2.75, 3.05) is 26.2 Å². The second kappa shape index (κ2) is 6.60. The topological polar surface area (TPSA) is 41.6 Å². The number of piperidine rings is 1. The van der Waals surface area contributed by atoms with Crippen molar-refractivity contribution < 1.29 is 18.3 Å². The molecule has 2 heterocycles. The normalized spacial score (nSPS) is 22.8. The molecule has 0 spiro atoms. The van der Waals surface area contributed by atoms with E-state index < -0.39 is 11.6 Å². The molecule has 1 aromatic rings. The first kappa shape index (κ1) is 15.2. The Morgan fingerprint density at radius 2 is 2.00 bits per heavy atom. The fraction of sp³-hybridized carbons (Fsp3) is 0.562. The van der Waals surface area contributed by atoms with Gasteiger partial charge in [-0.1, -0.05) is 0 Å². The second-order valence-corrected chi connectivity index (χ2v) is 5.91. The number of nitrogens with zero attached hydrogens (tertiary/aromatic N) is 1. The average Bonchev–Trinajstić information content (AvgIpc) is 3.04. The molecular formula is C16H20F2N2O2. The monoisotopic (exact) mass is 310 g/mol. The van der Waals surface area contributed by atoms with Crippen LogP contribution in [-0.4, -0.2) is 43.1 Å². The van der Waals surface area contributed by atoms with Gasteiger partial charge in [-0.25, -0.2) is 8.78 Å². The van der Waals surface area contributed by atoms with E-state index in [-0.39, 0.29) is 23.7 Å². The van der Waals surface area contributed by atoms with Crippen LogP contribution in [0.2, 0.25) is 0 Å². The van der Waals surface area contributed by atoms with Crippen LogP contribution in [0.3, 0.4) is 0 Å². The average molecular weight is 310 g/mol. The molecule has 2 aliphatic rings. The van der Waals surface area contributed by atoms with Gasteiger partial charge in [0.25, 0.3) is 0 Å². The van der Waals surface area contributed by atoms with E-state index in [0.29, 0.717) is 25.9 Å². The van der Waals surface area contributed by atoms with Gasteiger partial charge in [-0.05, 0) is 25.1 Å². The Morgan fingerprint density at radius 1 is 1.23 bits per heavy atom. The van der Waals surface area contributed by atoms with Gasteiger partial charge in [-0.2, -0.15) is 0 Å². The smallest absolute Gasteiger partial charge is 0.227 e.